The number of likely N-dealkylation sites (tertiary alicyclic amines) is 1. The number of carboxylic acid groups (broad SMARTS) is 1. The summed E-state index contributed by atoms with van der Waals surface area (Å²) in [6.45, 7) is 4.61. The molecule has 1 aliphatic rings. The van der Waals surface area contributed by atoms with Gasteiger partial charge in [0.25, 0.3) is 11.7 Å². The molecule has 1 aliphatic heterocycles. The van der Waals surface area contributed by atoms with Crippen LogP contribution < -0.4 is 9.64 Å². The number of ketones is 1. The quantitative estimate of drug-likeness (QED) is 0.226. The van der Waals surface area contributed by atoms with Crippen molar-refractivity contribution in [3.8, 4) is 5.75 Å². The van der Waals surface area contributed by atoms with Crippen LogP contribution in [-0.4, -0.2) is 53.5 Å². The topological polar surface area (TPSA) is 107 Å². The second kappa shape index (κ2) is 11.4. The Morgan fingerprint density at radius 3 is 2.21 bits per heavy atom. The van der Waals surface area contributed by atoms with Crippen LogP contribution in [0, 0.1) is 5.92 Å². The second-order valence-corrected chi connectivity index (χ2v) is 10.1. The summed E-state index contributed by atoms with van der Waals surface area (Å²) < 4.78 is 5.80. The summed E-state index contributed by atoms with van der Waals surface area (Å²) in [4.78, 5) is 41.3. The van der Waals surface area contributed by atoms with Crippen molar-refractivity contribution < 1.29 is 29.3 Å². The molecule has 0 aromatic heterocycles. The summed E-state index contributed by atoms with van der Waals surface area (Å²) in [5.41, 5.74) is 2.73. The molecule has 1 heterocycles. The van der Waals surface area contributed by atoms with E-state index in [2.05, 4.69) is 0 Å². The van der Waals surface area contributed by atoms with E-state index < -0.39 is 23.7 Å². The van der Waals surface area contributed by atoms with Gasteiger partial charge in [0.2, 0.25) is 0 Å². The van der Waals surface area contributed by atoms with Crippen molar-refractivity contribution in [2.75, 3.05) is 25.6 Å². The minimum absolute atomic E-state index is 0.0132. The monoisotopic (exact) mass is 528 g/mol. The Bertz CT molecular complexity index is 1410. The SMILES string of the molecule is CC(C)COc1cccc(/C(O)=C2\C(=O)C(=O)N(Cc3ccc(C(=O)O)cc3)C2c2ccc(N(C)C)cc2)c1. The van der Waals surface area contributed by atoms with Gasteiger partial charge in [0, 0.05) is 31.9 Å². The largest absolute Gasteiger partial charge is 0.507 e. The van der Waals surface area contributed by atoms with Gasteiger partial charge in [-0.2, -0.15) is 0 Å². The fourth-order valence-corrected chi connectivity index (χ4v) is 4.45. The van der Waals surface area contributed by atoms with E-state index in [0.717, 1.165) is 5.69 Å². The van der Waals surface area contributed by atoms with Gasteiger partial charge >= 0.3 is 5.97 Å². The standard InChI is InChI=1S/C31H32N2O6/c1-19(2)18-39-25-7-5-6-23(16-25)28(34)26-27(21-12-14-24(15-13-21)32(3)4)33(30(36)29(26)35)17-20-8-10-22(11-9-20)31(37)38/h5-16,19,27,34H,17-18H2,1-4H3,(H,37,38)/b28-26+. The van der Waals surface area contributed by atoms with E-state index in [-0.39, 0.29) is 23.4 Å². The molecule has 0 radical (unpaired) electrons. The number of aliphatic hydroxyl groups is 1. The normalized spacial score (nSPS) is 16.5. The maximum Gasteiger partial charge on any atom is 0.335 e. The number of hydrogen-bond acceptors (Lipinski definition) is 6. The predicted octanol–water partition coefficient (Wildman–Crippen LogP) is 5.11. The fourth-order valence-electron chi connectivity index (χ4n) is 4.45. The van der Waals surface area contributed by atoms with Crippen LogP contribution in [0.1, 0.15) is 46.9 Å². The van der Waals surface area contributed by atoms with Crippen molar-refractivity contribution in [3.63, 3.8) is 0 Å². The number of Topliss-reactive ketones (excluding diaryl/α,β-unsaturated/α-hetero) is 1. The van der Waals surface area contributed by atoms with E-state index >= 15 is 0 Å². The van der Waals surface area contributed by atoms with Gasteiger partial charge in [0.15, 0.2) is 0 Å². The molecule has 1 fully saturated rings. The number of ether oxygens (including phenoxy) is 1. The Hall–Kier alpha value is -4.59. The molecule has 0 spiro atoms. The second-order valence-electron chi connectivity index (χ2n) is 10.1. The first-order chi connectivity index (χ1) is 18.6. The molecule has 1 amide bonds. The van der Waals surface area contributed by atoms with Gasteiger partial charge in [-0.25, -0.2) is 4.79 Å². The number of anilines is 1. The van der Waals surface area contributed by atoms with Crippen LogP contribution in [0.2, 0.25) is 0 Å². The zero-order chi connectivity index (χ0) is 28.3. The van der Waals surface area contributed by atoms with Gasteiger partial charge in [-0.3, -0.25) is 9.59 Å². The molecule has 39 heavy (non-hydrogen) atoms. The Morgan fingerprint density at radius 1 is 0.949 bits per heavy atom. The zero-order valence-corrected chi connectivity index (χ0v) is 22.4. The van der Waals surface area contributed by atoms with Crippen molar-refractivity contribution in [1.29, 1.82) is 0 Å². The molecule has 1 unspecified atom stereocenters. The molecular formula is C31H32N2O6. The average Bonchev–Trinajstić information content (AvgIpc) is 3.17. The molecule has 4 rings (SSSR count). The lowest BCUT2D eigenvalue weighted by molar-refractivity contribution is -0.140. The van der Waals surface area contributed by atoms with E-state index in [1.807, 2.05) is 57.1 Å². The Balaban J connectivity index is 1.79. The lowest BCUT2D eigenvalue weighted by Crippen LogP contribution is -2.29. The third-order valence-corrected chi connectivity index (χ3v) is 6.51. The highest BCUT2D eigenvalue weighted by Gasteiger charge is 2.46. The number of benzene rings is 3. The van der Waals surface area contributed by atoms with Gasteiger partial charge in [0.1, 0.15) is 11.5 Å². The maximum atomic E-state index is 13.4. The van der Waals surface area contributed by atoms with Gasteiger partial charge in [-0.1, -0.05) is 50.2 Å². The Kier molecular flexibility index (Phi) is 8.04. The molecule has 8 nitrogen and oxygen atoms in total. The zero-order valence-electron chi connectivity index (χ0n) is 22.4. The summed E-state index contributed by atoms with van der Waals surface area (Å²) in [5.74, 6) is -2.01. The van der Waals surface area contributed by atoms with E-state index in [1.165, 1.54) is 17.0 Å². The highest BCUT2D eigenvalue weighted by atomic mass is 16.5. The van der Waals surface area contributed by atoms with E-state index in [4.69, 9.17) is 4.74 Å². The molecule has 1 saturated heterocycles. The van der Waals surface area contributed by atoms with Gasteiger partial charge < -0.3 is 24.7 Å². The van der Waals surface area contributed by atoms with Crippen LogP contribution in [0.15, 0.2) is 78.4 Å². The summed E-state index contributed by atoms with van der Waals surface area (Å²) >= 11 is 0. The first-order valence-electron chi connectivity index (χ1n) is 12.7. The molecule has 0 saturated carbocycles. The third-order valence-electron chi connectivity index (χ3n) is 6.51. The van der Waals surface area contributed by atoms with Crippen LogP contribution in [0.25, 0.3) is 5.76 Å². The molecule has 202 valence electrons. The van der Waals surface area contributed by atoms with Crippen LogP contribution in [-0.2, 0) is 16.1 Å². The lowest BCUT2D eigenvalue weighted by Gasteiger charge is -2.26. The van der Waals surface area contributed by atoms with Gasteiger partial charge in [-0.15, -0.1) is 0 Å². The molecule has 1 atom stereocenters. The highest BCUT2D eigenvalue weighted by Crippen LogP contribution is 2.41. The summed E-state index contributed by atoms with van der Waals surface area (Å²) in [6, 6.07) is 19.6. The van der Waals surface area contributed by atoms with Crippen molar-refractivity contribution >= 4 is 29.1 Å². The van der Waals surface area contributed by atoms with Crippen molar-refractivity contribution in [2.24, 2.45) is 5.92 Å². The number of amides is 1. The first-order valence-corrected chi connectivity index (χ1v) is 12.7. The molecule has 3 aromatic rings. The molecule has 0 bridgehead atoms. The van der Waals surface area contributed by atoms with E-state index in [9.17, 15) is 24.6 Å². The number of carboxylic acids is 1. The smallest absolute Gasteiger partial charge is 0.335 e. The molecule has 8 heteroatoms. The summed E-state index contributed by atoms with van der Waals surface area (Å²) in [7, 11) is 3.83. The van der Waals surface area contributed by atoms with E-state index in [1.54, 1.807) is 36.4 Å². The van der Waals surface area contributed by atoms with Crippen LogP contribution in [0.4, 0.5) is 5.69 Å². The number of aliphatic hydroxyl groups excluding tert-OH is 1. The Morgan fingerprint density at radius 2 is 1.62 bits per heavy atom. The molecule has 3 aromatic carbocycles. The average molecular weight is 529 g/mol. The highest BCUT2D eigenvalue weighted by molar-refractivity contribution is 6.46. The van der Waals surface area contributed by atoms with Crippen LogP contribution in [0.5, 0.6) is 5.75 Å². The minimum atomic E-state index is -1.05. The van der Waals surface area contributed by atoms with E-state index in [0.29, 0.717) is 35.0 Å². The summed E-state index contributed by atoms with van der Waals surface area (Å²) in [6.07, 6.45) is 0. The number of carbonyl (C=O) groups is 3. The predicted molar refractivity (Wildman–Crippen MR) is 149 cm³/mol. The minimum Gasteiger partial charge on any atom is -0.507 e. The Labute approximate surface area is 227 Å². The number of nitrogens with zero attached hydrogens (tertiary/aromatic N) is 2. The number of aromatic carboxylic acids is 1. The lowest BCUT2D eigenvalue weighted by atomic mass is 9.94. The first kappa shape index (κ1) is 27.4. The van der Waals surface area contributed by atoms with Crippen molar-refractivity contribution in [3.05, 3.63) is 101 Å². The number of rotatable bonds is 9. The van der Waals surface area contributed by atoms with Crippen LogP contribution in [0.3, 0.4) is 0 Å². The molecule has 0 aliphatic carbocycles. The number of hydrogen-bond donors (Lipinski definition) is 2. The molecular weight excluding hydrogens is 496 g/mol. The number of carbonyl (C=O) groups excluding carboxylic acids is 2. The summed E-state index contributed by atoms with van der Waals surface area (Å²) in [5, 5.41) is 20.6. The van der Waals surface area contributed by atoms with Crippen molar-refractivity contribution in [1.82, 2.24) is 4.90 Å². The van der Waals surface area contributed by atoms with Gasteiger partial charge in [-0.05, 0) is 53.4 Å². The maximum absolute atomic E-state index is 13.4. The van der Waals surface area contributed by atoms with Gasteiger partial charge in [0.05, 0.1) is 23.8 Å². The van der Waals surface area contributed by atoms with Crippen molar-refractivity contribution in [2.45, 2.75) is 26.4 Å². The fraction of sp³-hybridized carbons (Fsp3) is 0.258. The molecule has 2 N–H and O–H groups in total. The third kappa shape index (κ3) is 5.95. The van der Waals surface area contributed by atoms with Crippen LogP contribution >= 0.6 is 0 Å².